The average Bonchev–Trinajstić information content (AvgIpc) is 3.07. The lowest BCUT2D eigenvalue weighted by Gasteiger charge is -2.36. The minimum atomic E-state index is -1.54. The van der Waals surface area contributed by atoms with Gasteiger partial charge in [-0.25, -0.2) is 0 Å². The number of benzene rings is 3. The molecule has 4 rings (SSSR count). The van der Waals surface area contributed by atoms with Crippen molar-refractivity contribution in [1.82, 2.24) is 0 Å². The zero-order valence-electron chi connectivity index (χ0n) is 22.2. The van der Waals surface area contributed by atoms with Gasteiger partial charge < -0.3 is 4.74 Å². The average molecular weight is 457 g/mol. The van der Waals surface area contributed by atoms with Crippen LogP contribution in [-0.2, 0) is 10.8 Å². The standard InChI is InChI=1S/C31H40OSi/c1-20-18-25(30(2,3)4)28(32-7)26(19-20)31(5,6)24-17-13-16-22-21-14-11-12-15-23(21)29(27(22)24)33(8,9)10/h11-19,29H,1-10H3. The molecule has 1 aliphatic carbocycles. The number of hydrogen-bond donors (Lipinski definition) is 0. The molecule has 0 aromatic heterocycles. The molecule has 0 spiro atoms. The zero-order valence-corrected chi connectivity index (χ0v) is 23.2. The number of fused-ring (bicyclic) bond motifs is 3. The molecule has 1 unspecified atom stereocenters. The molecule has 174 valence electrons. The van der Waals surface area contributed by atoms with Crippen molar-refractivity contribution in [3.8, 4) is 16.9 Å². The number of hydrogen-bond acceptors (Lipinski definition) is 1. The SMILES string of the molecule is COc1c(C(C)(C)C)cc(C)cc1C(C)(C)c1cccc2c1C([Si](C)(C)C)c1ccccc1-2. The Kier molecular flexibility index (Phi) is 5.68. The third kappa shape index (κ3) is 3.87. The molecular formula is C31H40OSi. The molecule has 0 heterocycles. The third-order valence-electron chi connectivity index (χ3n) is 7.41. The maximum absolute atomic E-state index is 6.15. The highest BCUT2D eigenvalue weighted by atomic mass is 28.3. The Morgan fingerprint density at radius 2 is 1.36 bits per heavy atom. The molecule has 3 aromatic rings. The quantitative estimate of drug-likeness (QED) is 0.357. The molecule has 0 saturated heterocycles. The highest BCUT2D eigenvalue weighted by Crippen LogP contribution is 2.54. The fraction of sp³-hybridized carbons (Fsp3) is 0.419. The van der Waals surface area contributed by atoms with Gasteiger partial charge in [-0.1, -0.05) is 114 Å². The van der Waals surface area contributed by atoms with Crippen molar-refractivity contribution in [2.75, 3.05) is 7.11 Å². The fourth-order valence-electron chi connectivity index (χ4n) is 5.86. The van der Waals surface area contributed by atoms with Gasteiger partial charge in [0.1, 0.15) is 5.75 Å². The van der Waals surface area contributed by atoms with E-state index in [4.69, 9.17) is 4.74 Å². The maximum atomic E-state index is 6.15. The Bertz CT molecular complexity index is 1200. The molecule has 3 aromatic carbocycles. The van der Waals surface area contributed by atoms with Gasteiger partial charge in [-0.3, -0.25) is 0 Å². The van der Waals surface area contributed by atoms with E-state index < -0.39 is 8.07 Å². The molecule has 1 atom stereocenters. The summed E-state index contributed by atoms with van der Waals surface area (Å²) >= 11 is 0. The second-order valence-electron chi connectivity index (χ2n) is 12.4. The van der Waals surface area contributed by atoms with Gasteiger partial charge >= 0.3 is 0 Å². The number of ether oxygens (including phenoxy) is 1. The summed E-state index contributed by atoms with van der Waals surface area (Å²) in [5.41, 5.74) is 11.5. The van der Waals surface area contributed by atoms with Crippen molar-refractivity contribution in [2.24, 2.45) is 0 Å². The molecule has 0 amide bonds. The van der Waals surface area contributed by atoms with Crippen LogP contribution in [-0.4, -0.2) is 15.2 Å². The minimum absolute atomic E-state index is 0.0118. The topological polar surface area (TPSA) is 9.23 Å². The van der Waals surface area contributed by atoms with Gasteiger partial charge in [0.15, 0.2) is 0 Å². The van der Waals surface area contributed by atoms with Gasteiger partial charge in [0, 0.05) is 22.1 Å². The summed E-state index contributed by atoms with van der Waals surface area (Å²) in [5, 5.41) is 0. The van der Waals surface area contributed by atoms with E-state index in [1.807, 2.05) is 7.11 Å². The van der Waals surface area contributed by atoms with Crippen LogP contribution in [0, 0.1) is 6.92 Å². The van der Waals surface area contributed by atoms with E-state index in [9.17, 15) is 0 Å². The first kappa shape index (κ1) is 23.8. The van der Waals surface area contributed by atoms with Crippen LogP contribution in [0.1, 0.15) is 73.5 Å². The molecule has 0 radical (unpaired) electrons. The lowest BCUT2D eigenvalue weighted by molar-refractivity contribution is 0.384. The summed E-state index contributed by atoms with van der Waals surface area (Å²) < 4.78 is 6.15. The number of rotatable bonds is 4. The summed E-state index contributed by atoms with van der Waals surface area (Å²) in [6, 6.07) is 20.7. The highest BCUT2D eigenvalue weighted by Gasteiger charge is 2.42. The Morgan fingerprint density at radius 1 is 0.758 bits per heavy atom. The summed E-state index contributed by atoms with van der Waals surface area (Å²) in [7, 11) is 0.286. The second-order valence-corrected chi connectivity index (χ2v) is 17.7. The largest absolute Gasteiger partial charge is 0.496 e. The molecule has 0 saturated carbocycles. The van der Waals surface area contributed by atoms with Crippen molar-refractivity contribution in [3.05, 3.63) is 88.0 Å². The summed E-state index contributed by atoms with van der Waals surface area (Å²) in [6.07, 6.45) is 0. The molecular weight excluding hydrogens is 416 g/mol. The second kappa shape index (κ2) is 7.87. The van der Waals surface area contributed by atoms with E-state index in [-0.39, 0.29) is 10.8 Å². The molecule has 2 heteroatoms. The molecule has 1 nitrogen and oxygen atoms in total. The Labute approximate surface area is 202 Å². The predicted octanol–water partition coefficient (Wildman–Crippen LogP) is 8.62. The first-order valence-corrected chi connectivity index (χ1v) is 15.8. The summed E-state index contributed by atoms with van der Waals surface area (Å²) in [6.45, 7) is 21.4. The van der Waals surface area contributed by atoms with E-state index in [1.54, 1.807) is 5.56 Å². The minimum Gasteiger partial charge on any atom is -0.496 e. The molecule has 0 N–H and O–H groups in total. The predicted molar refractivity (Wildman–Crippen MR) is 146 cm³/mol. The maximum Gasteiger partial charge on any atom is 0.126 e. The van der Waals surface area contributed by atoms with Crippen LogP contribution in [0.2, 0.25) is 19.6 Å². The van der Waals surface area contributed by atoms with E-state index in [0.717, 1.165) is 5.75 Å². The van der Waals surface area contributed by atoms with E-state index in [1.165, 1.54) is 38.9 Å². The normalized spacial score (nSPS) is 15.9. The van der Waals surface area contributed by atoms with Gasteiger partial charge in [0.2, 0.25) is 0 Å². The van der Waals surface area contributed by atoms with Crippen LogP contribution in [0.4, 0.5) is 0 Å². The van der Waals surface area contributed by atoms with Crippen LogP contribution in [0.5, 0.6) is 5.75 Å². The van der Waals surface area contributed by atoms with Crippen LogP contribution >= 0.6 is 0 Å². The first-order valence-electron chi connectivity index (χ1n) is 12.2. The molecule has 0 fully saturated rings. The first-order chi connectivity index (χ1) is 15.3. The highest BCUT2D eigenvalue weighted by molar-refractivity contribution is 6.78. The molecule has 1 aliphatic rings. The smallest absolute Gasteiger partial charge is 0.126 e. The molecule has 0 bridgehead atoms. The van der Waals surface area contributed by atoms with E-state index in [2.05, 4.69) is 116 Å². The van der Waals surface area contributed by atoms with Crippen molar-refractivity contribution in [3.63, 3.8) is 0 Å². The lowest BCUT2D eigenvalue weighted by atomic mass is 9.72. The number of aryl methyl sites for hydroxylation is 1. The summed E-state index contributed by atoms with van der Waals surface area (Å²) in [4.78, 5) is 0. The Morgan fingerprint density at radius 3 is 1.97 bits per heavy atom. The van der Waals surface area contributed by atoms with Crippen LogP contribution in [0.3, 0.4) is 0 Å². The zero-order chi connectivity index (χ0) is 24.3. The van der Waals surface area contributed by atoms with Gasteiger partial charge in [-0.2, -0.15) is 0 Å². The third-order valence-corrected chi connectivity index (χ3v) is 9.75. The van der Waals surface area contributed by atoms with Gasteiger partial charge in [0.25, 0.3) is 0 Å². The van der Waals surface area contributed by atoms with Crippen molar-refractivity contribution >= 4 is 8.07 Å². The van der Waals surface area contributed by atoms with Gasteiger partial charge in [-0.15, -0.1) is 0 Å². The van der Waals surface area contributed by atoms with Crippen LogP contribution in [0.15, 0.2) is 54.6 Å². The van der Waals surface area contributed by atoms with Gasteiger partial charge in [0.05, 0.1) is 15.2 Å². The van der Waals surface area contributed by atoms with Crippen LogP contribution in [0.25, 0.3) is 11.1 Å². The van der Waals surface area contributed by atoms with Crippen molar-refractivity contribution in [2.45, 2.75) is 77.6 Å². The monoisotopic (exact) mass is 456 g/mol. The molecule has 0 aliphatic heterocycles. The van der Waals surface area contributed by atoms with E-state index >= 15 is 0 Å². The van der Waals surface area contributed by atoms with Gasteiger partial charge in [-0.05, 0) is 40.2 Å². The summed E-state index contributed by atoms with van der Waals surface area (Å²) in [5.74, 6) is 1.04. The fourth-order valence-corrected chi connectivity index (χ4v) is 8.23. The molecule has 33 heavy (non-hydrogen) atoms. The van der Waals surface area contributed by atoms with Crippen LogP contribution < -0.4 is 4.74 Å². The van der Waals surface area contributed by atoms with Crippen molar-refractivity contribution < 1.29 is 4.74 Å². The van der Waals surface area contributed by atoms with E-state index in [0.29, 0.717) is 5.54 Å². The Hall–Kier alpha value is -2.32. The number of methoxy groups -OCH3 is 1. The Balaban J connectivity index is 2.03. The van der Waals surface area contributed by atoms with Crippen molar-refractivity contribution in [1.29, 1.82) is 0 Å². The lowest BCUT2D eigenvalue weighted by Crippen LogP contribution is -2.33.